The molecule has 0 amide bonds. The molecule has 2 atom stereocenters. The average Bonchev–Trinajstić information content (AvgIpc) is 2.49. The fourth-order valence-electron chi connectivity index (χ4n) is 1.47. The molecular weight excluding hydrogens is 170 g/mol. The number of allylic oxidation sites excluding steroid dienone is 3. The summed E-state index contributed by atoms with van der Waals surface area (Å²) in [5, 5.41) is 0.355. The molecule has 0 spiro atoms. The minimum Gasteiger partial charge on any atom is -0.295 e. The maximum atomic E-state index is 11.2. The van der Waals surface area contributed by atoms with Gasteiger partial charge in [0.2, 0.25) is 0 Å². The van der Waals surface area contributed by atoms with Crippen molar-refractivity contribution in [2.24, 2.45) is 10.3 Å². The Labute approximate surface area is 75.6 Å². The minimum atomic E-state index is 0.156. The van der Waals surface area contributed by atoms with Crippen LogP contribution >= 0.6 is 11.9 Å². The lowest BCUT2D eigenvalue weighted by Crippen LogP contribution is -2.21. The Balaban J connectivity index is 2.32. The van der Waals surface area contributed by atoms with E-state index in [2.05, 4.69) is 10.5 Å². The highest BCUT2D eigenvalue weighted by Crippen LogP contribution is 2.34. The smallest absolute Gasteiger partial charge is 0.156 e. The predicted molar refractivity (Wildman–Crippen MR) is 51.3 cm³/mol. The van der Waals surface area contributed by atoms with E-state index in [0.717, 1.165) is 5.57 Å². The molecule has 0 aromatic heterocycles. The van der Waals surface area contributed by atoms with Crippen LogP contribution in [0.5, 0.6) is 0 Å². The normalized spacial score (nSPS) is 31.6. The molecule has 0 saturated heterocycles. The molecule has 0 bridgehead atoms. The minimum absolute atomic E-state index is 0.156. The third-order valence-electron chi connectivity index (χ3n) is 2.10. The molecule has 2 nitrogen and oxygen atoms in total. The Morgan fingerprint density at radius 2 is 2.50 bits per heavy atom. The van der Waals surface area contributed by atoms with Gasteiger partial charge in [0.15, 0.2) is 5.78 Å². The third-order valence-corrected chi connectivity index (χ3v) is 3.04. The molecule has 0 aromatic rings. The number of rotatable bonds is 1. The number of carbonyl (C=O) groups is 1. The monoisotopic (exact) mass is 179 g/mol. The van der Waals surface area contributed by atoms with E-state index in [4.69, 9.17) is 0 Å². The molecule has 1 heterocycles. The van der Waals surface area contributed by atoms with Crippen LogP contribution in [-0.4, -0.2) is 17.2 Å². The number of carbonyl (C=O) groups excluding carboxylic acids is 1. The van der Waals surface area contributed by atoms with E-state index in [0.29, 0.717) is 5.25 Å². The fraction of sp³-hybridized carbons (Fsp3) is 0.333. The van der Waals surface area contributed by atoms with Crippen molar-refractivity contribution in [3.8, 4) is 0 Å². The third kappa shape index (κ3) is 1.14. The first-order chi connectivity index (χ1) is 5.79. The lowest BCUT2D eigenvalue weighted by Gasteiger charge is -2.17. The van der Waals surface area contributed by atoms with E-state index in [1.54, 1.807) is 6.92 Å². The Morgan fingerprint density at radius 3 is 3.25 bits per heavy atom. The molecule has 0 radical (unpaired) electrons. The molecule has 2 unspecified atom stereocenters. The topological polar surface area (TPSA) is 29.4 Å². The maximum absolute atomic E-state index is 11.2. The number of nitrogens with zero attached hydrogens (tertiary/aromatic N) is 1. The summed E-state index contributed by atoms with van der Waals surface area (Å²) in [6.45, 7) is 1.61. The van der Waals surface area contributed by atoms with Gasteiger partial charge >= 0.3 is 0 Å². The molecule has 2 rings (SSSR count). The molecule has 0 saturated carbocycles. The van der Waals surface area contributed by atoms with Crippen molar-refractivity contribution in [1.29, 1.82) is 0 Å². The second kappa shape index (κ2) is 2.90. The highest BCUT2D eigenvalue weighted by Gasteiger charge is 2.29. The Hall–Kier alpha value is -0.830. The second-order valence-corrected chi connectivity index (χ2v) is 3.88. The zero-order chi connectivity index (χ0) is 8.55. The van der Waals surface area contributed by atoms with Crippen molar-refractivity contribution < 1.29 is 4.79 Å². The molecule has 0 aromatic carbocycles. The van der Waals surface area contributed by atoms with Crippen LogP contribution in [0.25, 0.3) is 0 Å². The van der Waals surface area contributed by atoms with Gasteiger partial charge in [-0.05, 0) is 18.9 Å². The van der Waals surface area contributed by atoms with E-state index < -0.39 is 0 Å². The number of fused-ring (bicyclic) bond motifs is 1. The second-order valence-electron chi connectivity index (χ2n) is 2.91. The largest absolute Gasteiger partial charge is 0.295 e. The number of hydrogen-bond acceptors (Lipinski definition) is 3. The zero-order valence-electron chi connectivity index (χ0n) is 6.73. The summed E-state index contributed by atoms with van der Waals surface area (Å²) in [6.07, 6.45) is 7.79. The van der Waals surface area contributed by atoms with Crippen LogP contribution in [0.15, 0.2) is 28.2 Å². The number of hydrogen-bond donors (Lipinski definition) is 0. The van der Waals surface area contributed by atoms with Gasteiger partial charge < -0.3 is 0 Å². The van der Waals surface area contributed by atoms with E-state index in [1.165, 1.54) is 11.9 Å². The van der Waals surface area contributed by atoms with Crippen molar-refractivity contribution in [2.45, 2.75) is 12.2 Å². The zero-order valence-corrected chi connectivity index (χ0v) is 7.54. The van der Waals surface area contributed by atoms with Gasteiger partial charge in [-0.1, -0.05) is 18.2 Å². The first kappa shape index (κ1) is 7.80. The molecule has 62 valence electrons. The van der Waals surface area contributed by atoms with Gasteiger partial charge in [0, 0.05) is 17.7 Å². The molecular formula is C9H9NOS. The van der Waals surface area contributed by atoms with Gasteiger partial charge in [-0.3, -0.25) is 4.79 Å². The van der Waals surface area contributed by atoms with Gasteiger partial charge in [0.05, 0.1) is 5.25 Å². The quantitative estimate of drug-likeness (QED) is 0.574. The summed E-state index contributed by atoms with van der Waals surface area (Å²) in [6, 6.07) is 0. The SMILES string of the molecule is CC(=O)C1=CC=CC2SN=CC12. The molecule has 0 fully saturated rings. The van der Waals surface area contributed by atoms with E-state index in [-0.39, 0.29) is 11.7 Å². The van der Waals surface area contributed by atoms with Gasteiger partial charge in [-0.15, -0.1) is 0 Å². The average molecular weight is 179 g/mol. The summed E-state index contributed by atoms with van der Waals surface area (Å²) in [5.74, 6) is 0.376. The Bertz CT molecular complexity index is 304. The van der Waals surface area contributed by atoms with Gasteiger partial charge in [-0.2, -0.15) is 0 Å². The van der Waals surface area contributed by atoms with Crippen LogP contribution in [-0.2, 0) is 4.79 Å². The summed E-state index contributed by atoms with van der Waals surface area (Å²) in [5.41, 5.74) is 0.885. The van der Waals surface area contributed by atoms with Crippen molar-refractivity contribution in [2.75, 3.05) is 0 Å². The summed E-state index contributed by atoms with van der Waals surface area (Å²) < 4.78 is 4.11. The molecule has 1 aliphatic heterocycles. The summed E-state index contributed by atoms with van der Waals surface area (Å²) in [4.78, 5) is 11.2. The standard InChI is InChI=1S/C9H9NOS/c1-6(11)7-3-2-4-9-8(7)5-10-12-9/h2-5,8-9H,1H3. The maximum Gasteiger partial charge on any atom is 0.156 e. The van der Waals surface area contributed by atoms with Crippen LogP contribution in [0.1, 0.15) is 6.92 Å². The van der Waals surface area contributed by atoms with Crippen molar-refractivity contribution >= 4 is 23.9 Å². The molecule has 12 heavy (non-hydrogen) atoms. The highest BCUT2D eigenvalue weighted by molar-refractivity contribution is 7.99. The molecule has 2 aliphatic rings. The molecule has 0 N–H and O–H groups in total. The van der Waals surface area contributed by atoms with Crippen molar-refractivity contribution in [3.05, 3.63) is 23.8 Å². The predicted octanol–water partition coefficient (Wildman–Crippen LogP) is 1.79. The highest BCUT2D eigenvalue weighted by atomic mass is 32.2. The van der Waals surface area contributed by atoms with E-state index >= 15 is 0 Å². The van der Waals surface area contributed by atoms with Crippen LogP contribution in [0.2, 0.25) is 0 Å². The van der Waals surface area contributed by atoms with E-state index in [9.17, 15) is 4.79 Å². The lowest BCUT2D eigenvalue weighted by atomic mass is 9.90. The van der Waals surface area contributed by atoms with Crippen LogP contribution in [0.3, 0.4) is 0 Å². The lowest BCUT2D eigenvalue weighted by molar-refractivity contribution is -0.113. The Morgan fingerprint density at radius 1 is 1.67 bits per heavy atom. The van der Waals surface area contributed by atoms with Crippen molar-refractivity contribution in [1.82, 2.24) is 0 Å². The fourth-order valence-corrected chi connectivity index (χ4v) is 2.32. The summed E-state index contributed by atoms with van der Waals surface area (Å²) >= 11 is 1.54. The summed E-state index contributed by atoms with van der Waals surface area (Å²) in [7, 11) is 0. The molecule has 1 aliphatic carbocycles. The van der Waals surface area contributed by atoms with Gasteiger partial charge in [0.25, 0.3) is 0 Å². The van der Waals surface area contributed by atoms with Gasteiger partial charge in [-0.25, -0.2) is 4.40 Å². The van der Waals surface area contributed by atoms with E-state index in [1.807, 2.05) is 18.4 Å². The van der Waals surface area contributed by atoms with Crippen LogP contribution in [0.4, 0.5) is 0 Å². The first-order valence-electron chi connectivity index (χ1n) is 3.87. The van der Waals surface area contributed by atoms with Gasteiger partial charge in [0.1, 0.15) is 0 Å². The van der Waals surface area contributed by atoms with Crippen molar-refractivity contribution in [3.63, 3.8) is 0 Å². The molecule has 3 heteroatoms. The Kier molecular flexibility index (Phi) is 1.89. The van der Waals surface area contributed by atoms with Crippen LogP contribution < -0.4 is 0 Å². The van der Waals surface area contributed by atoms with Crippen LogP contribution in [0, 0.1) is 5.92 Å². The number of ketones is 1. The first-order valence-corrected chi connectivity index (χ1v) is 4.71. The number of Topliss-reactive ketones (excluding diaryl/α,β-unsaturated/α-hetero) is 1.